The average molecular weight is 334 g/mol. The molecule has 0 saturated heterocycles. The molecule has 2 heterocycles. The van der Waals surface area contributed by atoms with Gasteiger partial charge in [-0.1, -0.05) is 34.3 Å². The fourth-order valence-corrected chi connectivity index (χ4v) is 2.52. The summed E-state index contributed by atoms with van der Waals surface area (Å²) < 4.78 is 1.77. The van der Waals surface area contributed by atoms with Crippen molar-refractivity contribution in [2.24, 2.45) is 0 Å². The minimum Gasteiger partial charge on any atom is -0.398 e. The number of aromatic nitrogens is 7. The molecule has 0 radical (unpaired) electrons. The summed E-state index contributed by atoms with van der Waals surface area (Å²) in [5.41, 5.74) is 8.29. The number of carbonyl (C=O) groups excluding carboxylic acids is 1. The molecule has 0 fully saturated rings. The lowest BCUT2D eigenvalue weighted by Gasteiger charge is -2.01. The number of para-hydroxylation sites is 2. The molecule has 25 heavy (non-hydrogen) atoms. The second-order valence-electron chi connectivity index (χ2n) is 5.44. The average Bonchev–Trinajstić information content (AvgIpc) is 3.27. The van der Waals surface area contributed by atoms with Crippen LogP contribution in [0.25, 0.3) is 11.0 Å². The summed E-state index contributed by atoms with van der Waals surface area (Å²) in [6, 6.07) is 14.5. The largest absolute Gasteiger partial charge is 0.398 e. The zero-order valence-corrected chi connectivity index (χ0v) is 13.1. The maximum atomic E-state index is 12.4. The normalized spacial score (nSPS) is 11.0. The third-order valence-electron chi connectivity index (χ3n) is 3.80. The Labute approximate surface area is 142 Å². The van der Waals surface area contributed by atoms with Gasteiger partial charge in [0.15, 0.2) is 5.82 Å². The van der Waals surface area contributed by atoms with Crippen molar-refractivity contribution in [3.8, 4) is 0 Å². The summed E-state index contributed by atoms with van der Waals surface area (Å²) in [4.78, 5) is 13.3. The Morgan fingerprint density at radius 1 is 1.00 bits per heavy atom. The number of benzene rings is 2. The van der Waals surface area contributed by atoms with Gasteiger partial charge in [0.1, 0.15) is 5.52 Å². The van der Waals surface area contributed by atoms with Crippen molar-refractivity contribution >= 4 is 22.6 Å². The molecule has 0 aliphatic heterocycles. The lowest BCUT2D eigenvalue weighted by atomic mass is 10.2. The second kappa shape index (κ2) is 6.11. The van der Waals surface area contributed by atoms with Crippen LogP contribution in [0.5, 0.6) is 0 Å². The van der Waals surface area contributed by atoms with Gasteiger partial charge in [-0.15, -0.1) is 15.3 Å². The van der Waals surface area contributed by atoms with Crippen LogP contribution in [0.2, 0.25) is 0 Å². The topological polar surface area (TPSA) is 117 Å². The fraction of sp³-hybridized carbons (Fsp3) is 0.125. The van der Waals surface area contributed by atoms with Crippen LogP contribution in [0, 0.1) is 0 Å². The minimum absolute atomic E-state index is 0.341. The van der Waals surface area contributed by atoms with Gasteiger partial charge in [-0.25, -0.2) is 4.68 Å². The van der Waals surface area contributed by atoms with E-state index in [1.807, 2.05) is 24.3 Å². The van der Waals surface area contributed by atoms with Gasteiger partial charge in [0, 0.05) is 12.1 Å². The highest BCUT2D eigenvalue weighted by molar-refractivity contribution is 5.99. The first kappa shape index (κ1) is 14.9. The van der Waals surface area contributed by atoms with Crippen molar-refractivity contribution in [2.75, 3.05) is 5.73 Å². The Morgan fingerprint density at radius 2 is 1.80 bits per heavy atom. The van der Waals surface area contributed by atoms with Gasteiger partial charge in [0.25, 0.3) is 5.91 Å². The van der Waals surface area contributed by atoms with Crippen LogP contribution in [-0.2, 0) is 13.0 Å². The smallest absolute Gasteiger partial charge is 0.299 e. The fourth-order valence-electron chi connectivity index (χ4n) is 2.52. The molecule has 0 atom stereocenters. The van der Waals surface area contributed by atoms with Crippen LogP contribution in [0.4, 0.5) is 5.69 Å². The molecule has 0 spiro atoms. The van der Waals surface area contributed by atoms with Crippen LogP contribution in [0.1, 0.15) is 16.2 Å². The first-order chi connectivity index (χ1) is 12.2. The van der Waals surface area contributed by atoms with Crippen molar-refractivity contribution in [1.82, 2.24) is 35.2 Å². The molecular weight excluding hydrogens is 320 g/mol. The van der Waals surface area contributed by atoms with Crippen LogP contribution in [-0.4, -0.2) is 41.1 Å². The van der Waals surface area contributed by atoms with Crippen LogP contribution in [0.15, 0.2) is 48.5 Å². The number of rotatable bonds is 4. The Hall–Kier alpha value is -3.62. The van der Waals surface area contributed by atoms with E-state index in [4.69, 9.17) is 5.73 Å². The van der Waals surface area contributed by atoms with E-state index >= 15 is 0 Å². The Bertz CT molecular complexity index is 1050. The van der Waals surface area contributed by atoms with Gasteiger partial charge in [0.05, 0.1) is 17.6 Å². The van der Waals surface area contributed by atoms with Crippen LogP contribution >= 0.6 is 0 Å². The highest BCUT2D eigenvalue weighted by Crippen LogP contribution is 2.12. The molecule has 9 nitrogen and oxygen atoms in total. The van der Waals surface area contributed by atoms with Crippen LogP contribution < -0.4 is 5.73 Å². The monoisotopic (exact) mass is 334 g/mol. The molecule has 0 aliphatic carbocycles. The van der Waals surface area contributed by atoms with Gasteiger partial charge < -0.3 is 5.73 Å². The third-order valence-corrected chi connectivity index (χ3v) is 3.80. The molecule has 0 amide bonds. The molecule has 0 unspecified atom stereocenters. The van der Waals surface area contributed by atoms with Crippen molar-refractivity contribution in [3.05, 3.63) is 59.9 Å². The number of hydrogen-bond donors (Lipinski definition) is 1. The van der Waals surface area contributed by atoms with Gasteiger partial charge >= 0.3 is 0 Å². The zero-order valence-electron chi connectivity index (χ0n) is 13.1. The molecule has 124 valence electrons. The zero-order chi connectivity index (χ0) is 17.2. The Balaban J connectivity index is 1.50. The highest BCUT2D eigenvalue weighted by atomic mass is 16.2. The molecular formula is C16H14N8O. The van der Waals surface area contributed by atoms with E-state index in [2.05, 4.69) is 25.7 Å². The summed E-state index contributed by atoms with van der Waals surface area (Å²) in [7, 11) is 0. The number of hydrogen-bond acceptors (Lipinski definition) is 7. The van der Waals surface area contributed by atoms with Crippen molar-refractivity contribution in [2.45, 2.75) is 13.0 Å². The van der Waals surface area contributed by atoms with Crippen LogP contribution in [0.3, 0.4) is 0 Å². The Kier molecular flexibility index (Phi) is 3.65. The molecule has 9 heteroatoms. The SMILES string of the molecule is Nc1ccccc1C(=O)n1nnc(CCn2nnc3ccccc32)n1. The summed E-state index contributed by atoms with van der Waals surface area (Å²) >= 11 is 0. The van der Waals surface area contributed by atoms with Gasteiger partial charge in [-0.2, -0.15) is 0 Å². The van der Waals surface area contributed by atoms with Gasteiger partial charge in [-0.3, -0.25) is 4.79 Å². The maximum Gasteiger partial charge on any atom is 0.299 e. The van der Waals surface area contributed by atoms with E-state index in [9.17, 15) is 4.79 Å². The van der Waals surface area contributed by atoms with Crippen molar-refractivity contribution in [1.29, 1.82) is 0 Å². The molecule has 2 N–H and O–H groups in total. The molecule has 2 aromatic carbocycles. The first-order valence-corrected chi connectivity index (χ1v) is 7.69. The minimum atomic E-state index is -0.414. The molecule has 4 aromatic rings. The highest BCUT2D eigenvalue weighted by Gasteiger charge is 2.15. The predicted molar refractivity (Wildman–Crippen MR) is 89.6 cm³/mol. The van der Waals surface area contributed by atoms with E-state index in [0.717, 1.165) is 15.8 Å². The van der Waals surface area contributed by atoms with Crippen molar-refractivity contribution in [3.63, 3.8) is 0 Å². The number of fused-ring (bicyclic) bond motifs is 1. The lowest BCUT2D eigenvalue weighted by molar-refractivity contribution is 0.0925. The number of nitrogens with zero attached hydrogens (tertiary/aromatic N) is 7. The maximum absolute atomic E-state index is 12.4. The van der Waals surface area contributed by atoms with Gasteiger partial charge in [0.2, 0.25) is 0 Å². The first-order valence-electron chi connectivity index (χ1n) is 7.69. The summed E-state index contributed by atoms with van der Waals surface area (Å²) in [6.07, 6.45) is 0.477. The molecule has 0 aliphatic rings. The molecule has 2 aromatic heterocycles. The molecule has 0 saturated carbocycles. The predicted octanol–water partition coefficient (Wildman–Crippen LogP) is 0.931. The number of anilines is 1. The molecule has 4 rings (SSSR count). The second-order valence-corrected chi connectivity index (χ2v) is 5.44. The molecule has 0 bridgehead atoms. The number of tetrazole rings is 1. The van der Waals surface area contributed by atoms with E-state index in [0.29, 0.717) is 30.0 Å². The number of nitrogens with two attached hydrogens (primary N) is 1. The van der Waals surface area contributed by atoms with E-state index in [1.54, 1.807) is 28.9 Å². The standard InChI is InChI=1S/C16H14N8O/c17-12-6-2-1-5-11(12)16(25)24-20-15(19-22-24)9-10-23-14-8-4-3-7-13(14)18-21-23/h1-8H,9-10,17H2. The lowest BCUT2D eigenvalue weighted by Crippen LogP contribution is -2.17. The van der Waals surface area contributed by atoms with E-state index in [-0.39, 0.29) is 0 Å². The van der Waals surface area contributed by atoms with E-state index in [1.165, 1.54) is 0 Å². The third kappa shape index (κ3) is 2.82. The number of aryl methyl sites for hydroxylation is 2. The van der Waals surface area contributed by atoms with E-state index < -0.39 is 5.91 Å². The number of nitrogen functional groups attached to an aromatic ring is 1. The van der Waals surface area contributed by atoms with Gasteiger partial charge in [-0.05, 0) is 29.5 Å². The Morgan fingerprint density at radius 3 is 2.68 bits per heavy atom. The quantitative estimate of drug-likeness (QED) is 0.552. The van der Waals surface area contributed by atoms with Crippen molar-refractivity contribution < 1.29 is 4.79 Å². The number of carbonyl (C=O) groups is 1. The summed E-state index contributed by atoms with van der Waals surface area (Å²) in [5, 5.41) is 20.1. The summed E-state index contributed by atoms with van der Waals surface area (Å²) in [6.45, 7) is 0.536. The summed E-state index contributed by atoms with van der Waals surface area (Å²) in [5.74, 6) is 0.0329.